The molecular weight excluding hydrogens is 184 g/mol. The molecule has 0 saturated heterocycles. The molecule has 1 aromatic carbocycles. The Morgan fingerprint density at radius 3 is 2.53 bits per heavy atom. The smallest absolute Gasteiger partial charge is 0.119 e. The van der Waals surface area contributed by atoms with Gasteiger partial charge in [-0.15, -0.1) is 5.92 Å². The molecule has 1 aromatic rings. The van der Waals surface area contributed by atoms with Crippen LogP contribution in [0, 0.1) is 17.8 Å². The molecule has 15 heavy (non-hydrogen) atoms. The monoisotopic (exact) mass is 202 g/mol. The van der Waals surface area contributed by atoms with Gasteiger partial charge in [-0.3, -0.25) is 0 Å². The molecule has 0 bridgehead atoms. The summed E-state index contributed by atoms with van der Waals surface area (Å²) in [6.07, 6.45) is 0.887. The van der Waals surface area contributed by atoms with Crippen LogP contribution >= 0.6 is 0 Å². The second-order valence-electron chi connectivity index (χ2n) is 3.81. The third-order valence-corrected chi connectivity index (χ3v) is 2.68. The fourth-order valence-electron chi connectivity index (χ4n) is 1.53. The van der Waals surface area contributed by atoms with E-state index in [-0.39, 0.29) is 11.8 Å². The predicted molar refractivity (Wildman–Crippen MR) is 63.8 cm³/mol. The summed E-state index contributed by atoms with van der Waals surface area (Å²) in [6.45, 7) is 6.24. The number of benzene rings is 1. The van der Waals surface area contributed by atoms with Crippen molar-refractivity contribution < 1.29 is 5.11 Å². The van der Waals surface area contributed by atoms with Crippen molar-refractivity contribution in [2.45, 2.75) is 33.1 Å². The number of hydrogen-bond donors (Lipinski definition) is 1. The number of aromatic hydroxyl groups is 1. The van der Waals surface area contributed by atoms with Gasteiger partial charge in [0.25, 0.3) is 0 Å². The van der Waals surface area contributed by atoms with Gasteiger partial charge in [0.2, 0.25) is 0 Å². The maximum Gasteiger partial charge on any atom is 0.119 e. The van der Waals surface area contributed by atoms with E-state index in [2.05, 4.69) is 25.7 Å². The Morgan fingerprint density at radius 2 is 1.93 bits per heavy atom. The first kappa shape index (κ1) is 11.7. The van der Waals surface area contributed by atoms with E-state index >= 15 is 0 Å². The Kier molecular flexibility index (Phi) is 4.24. The van der Waals surface area contributed by atoms with Crippen molar-refractivity contribution in [3.05, 3.63) is 29.8 Å². The molecule has 80 valence electrons. The van der Waals surface area contributed by atoms with Gasteiger partial charge >= 0.3 is 0 Å². The standard InChI is InChI=1S/C14H18O/c1-4-5-8-11(2)12(3)13-9-6-7-10-14(13)15/h6-7,9-12,15H,4H2,1-3H3. The van der Waals surface area contributed by atoms with Gasteiger partial charge in [-0.2, -0.15) is 0 Å². The zero-order chi connectivity index (χ0) is 11.3. The Balaban J connectivity index is 2.85. The van der Waals surface area contributed by atoms with E-state index in [1.54, 1.807) is 6.07 Å². The van der Waals surface area contributed by atoms with Crippen LogP contribution in [0.4, 0.5) is 0 Å². The minimum atomic E-state index is 0.269. The minimum Gasteiger partial charge on any atom is -0.508 e. The summed E-state index contributed by atoms with van der Waals surface area (Å²) in [7, 11) is 0. The number of rotatable bonds is 2. The first-order chi connectivity index (χ1) is 7.16. The number of hydrogen-bond acceptors (Lipinski definition) is 1. The lowest BCUT2D eigenvalue weighted by Crippen LogP contribution is -2.04. The van der Waals surface area contributed by atoms with Gasteiger partial charge in [-0.25, -0.2) is 0 Å². The number of para-hydroxylation sites is 1. The highest BCUT2D eigenvalue weighted by atomic mass is 16.3. The second-order valence-corrected chi connectivity index (χ2v) is 3.81. The van der Waals surface area contributed by atoms with E-state index in [9.17, 15) is 5.11 Å². The van der Waals surface area contributed by atoms with E-state index in [1.807, 2.05) is 25.1 Å². The van der Waals surface area contributed by atoms with Crippen molar-refractivity contribution >= 4 is 0 Å². The van der Waals surface area contributed by atoms with Crippen molar-refractivity contribution in [1.29, 1.82) is 0 Å². The maximum absolute atomic E-state index is 9.71. The molecule has 1 heteroatoms. The third kappa shape index (κ3) is 3.02. The van der Waals surface area contributed by atoms with Crippen molar-refractivity contribution in [3.8, 4) is 17.6 Å². The average molecular weight is 202 g/mol. The Labute approximate surface area is 92.1 Å². The lowest BCUT2D eigenvalue weighted by molar-refractivity contribution is 0.455. The van der Waals surface area contributed by atoms with E-state index < -0.39 is 0 Å². The molecule has 2 atom stereocenters. The molecule has 0 aliphatic heterocycles. The second kappa shape index (κ2) is 5.46. The molecule has 2 unspecified atom stereocenters. The van der Waals surface area contributed by atoms with Crippen LogP contribution in [0.5, 0.6) is 5.75 Å². The van der Waals surface area contributed by atoms with Gasteiger partial charge in [0.1, 0.15) is 5.75 Å². The SMILES string of the molecule is CCC#CC(C)C(C)c1ccccc1O. The summed E-state index contributed by atoms with van der Waals surface area (Å²) in [6, 6.07) is 7.48. The number of phenolic OH excluding ortho intramolecular Hbond substituents is 1. The highest BCUT2D eigenvalue weighted by Gasteiger charge is 2.14. The van der Waals surface area contributed by atoms with Crippen LogP contribution in [0.3, 0.4) is 0 Å². The molecule has 0 amide bonds. The van der Waals surface area contributed by atoms with Gasteiger partial charge in [0, 0.05) is 12.3 Å². The molecule has 1 N–H and O–H groups in total. The Hall–Kier alpha value is -1.42. The van der Waals surface area contributed by atoms with Gasteiger partial charge in [0.15, 0.2) is 0 Å². The molecule has 0 fully saturated rings. The lowest BCUT2D eigenvalue weighted by atomic mass is 9.89. The first-order valence-electron chi connectivity index (χ1n) is 5.43. The highest BCUT2D eigenvalue weighted by Crippen LogP contribution is 2.30. The molecule has 1 rings (SSSR count). The first-order valence-corrected chi connectivity index (χ1v) is 5.43. The fraction of sp³-hybridized carbons (Fsp3) is 0.429. The number of phenols is 1. The van der Waals surface area contributed by atoms with Crippen LogP contribution < -0.4 is 0 Å². The van der Waals surface area contributed by atoms with Crippen LogP contribution in [0.2, 0.25) is 0 Å². The molecule has 0 spiro atoms. The summed E-state index contributed by atoms with van der Waals surface area (Å²) in [5.74, 6) is 7.20. The molecule has 1 nitrogen and oxygen atoms in total. The molecular formula is C14H18O. The molecule has 0 heterocycles. The van der Waals surface area contributed by atoms with Crippen LogP contribution in [0.25, 0.3) is 0 Å². The molecule has 0 aromatic heterocycles. The highest BCUT2D eigenvalue weighted by molar-refractivity contribution is 5.35. The topological polar surface area (TPSA) is 20.2 Å². The van der Waals surface area contributed by atoms with Gasteiger partial charge in [-0.05, 0) is 17.5 Å². The van der Waals surface area contributed by atoms with Crippen molar-refractivity contribution in [2.24, 2.45) is 5.92 Å². The predicted octanol–water partition coefficient (Wildman–Crippen LogP) is 3.55. The summed E-state index contributed by atoms with van der Waals surface area (Å²) in [5, 5.41) is 9.71. The van der Waals surface area contributed by atoms with Gasteiger partial charge in [0.05, 0.1) is 0 Å². The lowest BCUT2D eigenvalue weighted by Gasteiger charge is -2.16. The van der Waals surface area contributed by atoms with Gasteiger partial charge in [-0.1, -0.05) is 44.9 Å². The van der Waals surface area contributed by atoms with Crippen molar-refractivity contribution in [1.82, 2.24) is 0 Å². The molecule has 0 aliphatic carbocycles. The maximum atomic E-state index is 9.71. The normalized spacial score (nSPS) is 13.8. The van der Waals surface area contributed by atoms with E-state index in [0.717, 1.165) is 12.0 Å². The Morgan fingerprint density at radius 1 is 1.27 bits per heavy atom. The van der Waals surface area contributed by atoms with Crippen LogP contribution in [0.1, 0.15) is 38.7 Å². The Bertz CT molecular complexity index is 370. The molecule has 0 saturated carbocycles. The van der Waals surface area contributed by atoms with Gasteiger partial charge < -0.3 is 5.11 Å². The van der Waals surface area contributed by atoms with E-state index in [1.165, 1.54) is 0 Å². The largest absolute Gasteiger partial charge is 0.508 e. The minimum absolute atomic E-state index is 0.269. The van der Waals surface area contributed by atoms with E-state index in [4.69, 9.17) is 0 Å². The summed E-state index contributed by atoms with van der Waals surface area (Å²) < 4.78 is 0. The molecule has 0 radical (unpaired) electrons. The zero-order valence-corrected chi connectivity index (χ0v) is 9.62. The van der Waals surface area contributed by atoms with Crippen molar-refractivity contribution in [2.75, 3.05) is 0 Å². The third-order valence-electron chi connectivity index (χ3n) is 2.68. The average Bonchev–Trinajstić information content (AvgIpc) is 2.25. The van der Waals surface area contributed by atoms with Crippen LogP contribution in [0.15, 0.2) is 24.3 Å². The van der Waals surface area contributed by atoms with Crippen LogP contribution in [-0.4, -0.2) is 5.11 Å². The molecule has 0 aliphatic rings. The van der Waals surface area contributed by atoms with Crippen LogP contribution in [-0.2, 0) is 0 Å². The summed E-state index contributed by atoms with van der Waals surface area (Å²) >= 11 is 0. The zero-order valence-electron chi connectivity index (χ0n) is 9.62. The summed E-state index contributed by atoms with van der Waals surface area (Å²) in [4.78, 5) is 0. The fourth-order valence-corrected chi connectivity index (χ4v) is 1.53. The quantitative estimate of drug-likeness (QED) is 0.727. The van der Waals surface area contributed by atoms with Crippen molar-refractivity contribution in [3.63, 3.8) is 0 Å². The summed E-state index contributed by atoms with van der Waals surface area (Å²) in [5.41, 5.74) is 0.982. The van der Waals surface area contributed by atoms with E-state index in [0.29, 0.717) is 5.75 Å².